The second kappa shape index (κ2) is 4.45. The van der Waals surface area contributed by atoms with E-state index in [1.54, 1.807) is 18.0 Å². The quantitative estimate of drug-likeness (QED) is 0.660. The first-order chi connectivity index (χ1) is 7.02. The highest BCUT2D eigenvalue weighted by Gasteiger charge is 2.08. The number of primary amides is 1. The van der Waals surface area contributed by atoms with Crippen LogP contribution in [0.4, 0.5) is 11.8 Å². The van der Waals surface area contributed by atoms with Crippen LogP contribution >= 0.6 is 0 Å². The van der Waals surface area contributed by atoms with E-state index in [0.29, 0.717) is 11.7 Å². The molecule has 1 heterocycles. The fourth-order valence-electron chi connectivity index (χ4n) is 1.05. The second-order valence-corrected chi connectivity index (χ2v) is 2.95. The molecule has 0 aliphatic rings. The molecule has 0 spiro atoms. The van der Waals surface area contributed by atoms with E-state index in [-0.39, 0.29) is 12.5 Å². The Morgan fingerprint density at radius 2 is 2.27 bits per heavy atom. The third kappa shape index (κ3) is 2.97. The Bertz CT molecular complexity index is 368. The topological polar surface area (TPSA) is 107 Å². The van der Waals surface area contributed by atoms with Crippen LogP contribution in [-0.4, -0.2) is 36.6 Å². The van der Waals surface area contributed by atoms with Crippen LogP contribution in [-0.2, 0) is 4.79 Å². The molecule has 0 saturated carbocycles. The van der Waals surface area contributed by atoms with Crippen molar-refractivity contribution >= 4 is 17.7 Å². The molecule has 0 bridgehead atoms. The molecule has 1 rings (SSSR count). The van der Waals surface area contributed by atoms with Crippen molar-refractivity contribution in [2.75, 3.05) is 31.3 Å². The Labute approximate surface area is 87.0 Å². The highest BCUT2D eigenvalue weighted by atomic mass is 16.5. The predicted molar refractivity (Wildman–Crippen MR) is 55.5 cm³/mol. The van der Waals surface area contributed by atoms with Gasteiger partial charge in [-0.1, -0.05) is 0 Å². The molecule has 0 unspecified atom stereocenters. The molecule has 1 amide bonds. The lowest BCUT2D eigenvalue weighted by molar-refractivity contribution is -0.116. The number of likely N-dealkylation sites (N-methyl/N-ethyl adjacent to an activating group) is 1. The number of hydrogen-bond donors (Lipinski definition) is 2. The molecule has 0 saturated heterocycles. The zero-order valence-electron chi connectivity index (χ0n) is 8.60. The van der Waals surface area contributed by atoms with E-state index in [4.69, 9.17) is 16.2 Å². The van der Waals surface area contributed by atoms with E-state index in [2.05, 4.69) is 9.97 Å². The summed E-state index contributed by atoms with van der Waals surface area (Å²) >= 11 is 0. The van der Waals surface area contributed by atoms with Crippen molar-refractivity contribution in [2.24, 2.45) is 5.73 Å². The number of nitrogen functional groups attached to an aromatic ring is 1. The summed E-state index contributed by atoms with van der Waals surface area (Å²) in [4.78, 5) is 20.0. The van der Waals surface area contributed by atoms with E-state index in [0.717, 1.165) is 0 Å². The summed E-state index contributed by atoms with van der Waals surface area (Å²) in [6.45, 7) is 0.0552. The lowest BCUT2D eigenvalue weighted by Gasteiger charge is -2.16. The van der Waals surface area contributed by atoms with E-state index in [1.807, 2.05) is 0 Å². The van der Waals surface area contributed by atoms with Crippen molar-refractivity contribution in [3.8, 4) is 5.88 Å². The number of methoxy groups -OCH3 is 1. The Morgan fingerprint density at radius 3 is 2.80 bits per heavy atom. The standard InChI is InChI=1S/C8H13N5O2/c1-13(4-5(9)14)6-3-7(15-2)12-8(10)11-6/h3H,4H2,1-2H3,(H2,9,14)(H2,10,11,12). The van der Waals surface area contributed by atoms with Crippen LogP contribution in [0.5, 0.6) is 5.88 Å². The Morgan fingerprint density at radius 1 is 1.60 bits per heavy atom. The molecule has 0 aliphatic heterocycles. The van der Waals surface area contributed by atoms with Gasteiger partial charge in [0.05, 0.1) is 13.7 Å². The van der Waals surface area contributed by atoms with Gasteiger partial charge < -0.3 is 21.1 Å². The number of amides is 1. The first kappa shape index (κ1) is 11.0. The zero-order valence-corrected chi connectivity index (χ0v) is 8.60. The molecule has 0 aromatic carbocycles. The number of ether oxygens (including phenoxy) is 1. The van der Waals surface area contributed by atoms with Crippen molar-refractivity contribution < 1.29 is 9.53 Å². The minimum Gasteiger partial charge on any atom is -0.481 e. The first-order valence-corrected chi connectivity index (χ1v) is 4.21. The van der Waals surface area contributed by atoms with Gasteiger partial charge in [0, 0.05) is 13.1 Å². The maximum Gasteiger partial charge on any atom is 0.236 e. The van der Waals surface area contributed by atoms with Gasteiger partial charge in [-0.2, -0.15) is 9.97 Å². The number of anilines is 2. The van der Waals surface area contributed by atoms with Crippen LogP contribution in [0.2, 0.25) is 0 Å². The summed E-state index contributed by atoms with van der Waals surface area (Å²) in [5, 5.41) is 0. The average molecular weight is 211 g/mol. The van der Waals surface area contributed by atoms with E-state index in [9.17, 15) is 4.79 Å². The number of nitrogens with two attached hydrogens (primary N) is 2. The number of nitrogens with zero attached hydrogens (tertiary/aromatic N) is 3. The summed E-state index contributed by atoms with van der Waals surface area (Å²) in [6.07, 6.45) is 0. The highest BCUT2D eigenvalue weighted by molar-refractivity contribution is 5.79. The van der Waals surface area contributed by atoms with E-state index >= 15 is 0 Å². The average Bonchev–Trinajstić information content (AvgIpc) is 2.15. The maximum absolute atomic E-state index is 10.7. The van der Waals surface area contributed by atoms with Crippen molar-refractivity contribution in [1.82, 2.24) is 9.97 Å². The molecule has 0 fully saturated rings. The number of hydrogen-bond acceptors (Lipinski definition) is 6. The Kier molecular flexibility index (Phi) is 3.27. The van der Waals surface area contributed by atoms with Crippen LogP contribution in [0.3, 0.4) is 0 Å². The smallest absolute Gasteiger partial charge is 0.236 e. The first-order valence-electron chi connectivity index (χ1n) is 4.21. The zero-order chi connectivity index (χ0) is 11.4. The fraction of sp³-hybridized carbons (Fsp3) is 0.375. The van der Waals surface area contributed by atoms with Gasteiger partial charge in [-0.15, -0.1) is 0 Å². The van der Waals surface area contributed by atoms with E-state index < -0.39 is 5.91 Å². The lowest BCUT2D eigenvalue weighted by Crippen LogP contribution is -2.31. The number of rotatable bonds is 4. The molecule has 1 aromatic heterocycles. The van der Waals surface area contributed by atoms with Gasteiger partial charge in [-0.05, 0) is 0 Å². The summed E-state index contributed by atoms with van der Waals surface area (Å²) in [5.74, 6) is 0.460. The van der Waals surface area contributed by atoms with Gasteiger partial charge in [0.25, 0.3) is 0 Å². The number of aromatic nitrogens is 2. The van der Waals surface area contributed by atoms with Gasteiger partial charge in [-0.3, -0.25) is 4.79 Å². The normalized spacial score (nSPS) is 9.73. The largest absolute Gasteiger partial charge is 0.481 e. The van der Waals surface area contributed by atoms with Gasteiger partial charge in [0.2, 0.25) is 17.7 Å². The van der Waals surface area contributed by atoms with Crippen molar-refractivity contribution in [3.63, 3.8) is 0 Å². The van der Waals surface area contributed by atoms with E-state index in [1.165, 1.54) is 7.11 Å². The molecule has 4 N–H and O–H groups in total. The molecular weight excluding hydrogens is 198 g/mol. The van der Waals surface area contributed by atoms with Crippen LogP contribution in [0.15, 0.2) is 6.07 Å². The van der Waals surface area contributed by atoms with Gasteiger partial charge in [-0.25, -0.2) is 0 Å². The number of carbonyl (C=O) groups is 1. The Hall–Kier alpha value is -2.05. The third-order valence-electron chi connectivity index (χ3n) is 1.70. The summed E-state index contributed by atoms with van der Waals surface area (Å²) in [5.41, 5.74) is 10.5. The van der Waals surface area contributed by atoms with Gasteiger partial charge >= 0.3 is 0 Å². The number of carbonyl (C=O) groups excluding carboxylic acids is 1. The minimum absolute atomic E-state index is 0.0552. The Balaban J connectivity index is 2.92. The molecule has 0 radical (unpaired) electrons. The second-order valence-electron chi connectivity index (χ2n) is 2.95. The van der Waals surface area contributed by atoms with Gasteiger partial charge in [0.1, 0.15) is 5.82 Å². The van der Waals surface area contributed by atoms with Crippen LogP contribution in [0.25, 0.3) is 0 Å². The molecule has 15 heavy (non-hydrogen) atoms. The SMILES string of the molecule is COc1cc(N(C)CC(N)=O)nc(N)n1. The van der Waals surface area contributed by atoms with Crippen LogP contribution in [0.1, 0.15) is 0 Å². The monoisotopic (exact) mass is 211 g/mol. The lowest BCUT2D eigenvalue weighted by atomic mass is 10.4. The summed E-state index contributed by atoms with van der Waals surface area (Å²) in [6, 6.07) is 1.57. The highest BCUT2D eigenvalue weighted by Crippen LogP contribution is 2.16. The summed E-state index contributed by atoms with van der Waals surface area (Å²) < 4.78 is 4.92. The third-order valence-corrected chi connectivity index (χ3v) is 1.70. The fourth-order valence-corrected chi connectivity index (χ4v) is 1.05. The molecule has 0 atom stereocenters. The molecule has 0 aliphatic carbocycles. The molecular formula is C8H13N5O2. The molecule has 82 valence electrons. The van der Waals surface area contributed by atoms with Gasteiger partial charge in [0.15, 0.2) is 0 Å². The molecule has 1 aromatic rings. The van der Waals surface area contributed by atoms with Crippen LogP contribution in [0, 0.1) is 0 Å². The molecule has 7 heteroatoms. The van der Waals surface area contributed by atoms with Crippen molar-refractivity contribution in [2.45, 2.75) is 0 Å². The maximum atomic E-state index is 10.7. The summed E-state index contributed by atoms with van der Waals surface area (Å²) in [7, 11) is 3.14. The minimum atomic E-state index is -0.450. The predicted octanol–water partition coefficient (Wildman–Crippen LogP) is -1.01. The van der Waals surface area contributed by atoms with Crippen molar-refractivity contribution in [3.05, 3.63) is 6.07 Å². The van der Waals surface area contributed by atoms with Crippen molar-refractivity contribution in [1.29, 1.82) is 0 Å². The van der Waals surface area contributed by atoms with Crippen LogP contribution < -0.4 is 21.1 Å². The molecule has 7 nitrogen and oxygen atoms in total.